The van der Waals surface area contributed by atoms with Crippen molar-refractivity contribution in [2.45, 2.75) is 6.54 Å². The highest BCUT2D eigenvalue weighted by atomic mass is 79.9. The SMILES string of the molecule is O=C(NCc1sccc1Br)Nc1cccc(C(=O)O)c1. The maximum atomic E-state index is 11.7. The normalized spacial score (nSPS) is 10.1. The zero-order valence-corrected chi connectivity index (χ0v) is 12.6. The average Bonchev–Trinajstić information content (AvgIpc) is 2.82. The Morgan fingerprint density at radius 1 is 1.30 bits per heavy atom. The third kappa shape index (κ3) is 3.82. The van der Waals surface area contributed by atoms with Gasteiger partial charge in [-0.2, -0.15) is 0 Å². The van der Waals surface area contributed by atoms with Gasteiger partial charge in [0.2, 0.25) is 0 Å². The van der Waals surface area contributed by atoms with Crippen molar-refractivity contribution in [2.75, 3.05) is 5.32 Å². The topological polar surface area (TPSA) is 78.4 Å². The van der Waals surface area contributed by atoms with E-state index in [4.69, 9.17) is 5.11 Å². The summed E-state index contributed by atoms with van der Waals surface area (Å²) in [5.74, 6) is -1.03. The molecule has 0 saturated carbocycles. The van der Waals surface area contributed by atoms with E-state index in [1.807, 2.05) is 11.4 Å². The van der Waals surface area contributed by atoms with E-state index in [0.717, 1.165) is 9.35 Å². The first-order valence-electron chi connectivity index (χ1n) is 5.66. The number of thiophene rings is 1. The fourth-order valence-electron chi connectivity index (χ4n) is 1.52. The third-order valence-corrected chi connectivity index (χ3v) is 4.39. The molecule has 0 unspecified atom stereocenters. The van der Waals surface area contributed by atoms with E-state index >= 15 is 0 Å². The summed E-state index contributed by atoms with van der Waals surface area (Å²) >= 11 is 4.92. The van der Waals surface area contributed by atoms with Gasteiger partial charge >= 0.3 is 12.0 Å². The summed E-state index contributed by atoms with van der Waals surface area (Å²) in [6.45, 7) is 0.405. The molecule has 0 atom stereocenters. The number of anilines is 1. The van der Waals surface area contributed by atoms with E-state index in [1.54, 1.807) is 12.1 Å². The van der Waals surface area contributed by atoms with Crippen LogP contribution in [0.4, 0.5) is 10.5 Å². The summed E-state index contributed by atoms with van der Waals surface area (Å²) in [6.07, 6.45) is 0. The van der Waals surface area contributed by atoms with Gasteiger partial charge in [-0.3, -0.25) is 0 Å². The zero-order chi connectivity index (χ0) is 14.5. The highest BCUT2D eigenvalue weighted by Crippen LogP contribution is 2.22. The van der Waals surface area contributed by atoms with E-state index in [1.165, 1.54) is 23.5 Å². The van der Waals surface area contributed by atoms with Crippen molar-refractivity contribution in [3.8, 4) is 0 Å². The summed E-state index contributed by atoms with van der Waals surface area (Å²) in [5, 5.41) is 16.1. The lowest BCUT2D eigenvalue weighted by Crippen LogP contribution is -2.28. The van der Waals surface area contributed by atoms with Gasteiger partial charge in [-0.1, -0.05) is 6.07 Å². The first kappa shape index (κ1) is 14.5. The van der Waals surface area contributed by atoms with E-state index < -0.39 is 5.97 Å². The Bertz CT molecular complexity index is 642. The first-order chi connectivity index (χ1) is 9.56. The lowest BCUT2D eigenvalue weighted by atomic mass is 10.2. The summed E-state index contributed by atoms with van der Waals surface area (Å²) in [6, 6.07) is 7.61. The molecule has 0 bridgehead atoms. The van der Waals surface area contributed by atoms with Crippen LogP contribution in [0.2, 0.25) is 0 Å². The highest BCUT2D eigenvalue weighted by molar-refractivity contribution is 9.10. The Balaban J connectivity index is 1.93. The van der Waals surface area contributed by atoms with Crippen LogP contribution in [0.25, 0.3) is 0 Å². The molecule has 2 rings (SSSR count). The quantitative estimate of drug-likeness (QED) is 0.785. The second-order valence-electron chi connectivity index (χ2n) is 3.89. The van der Waals surface area contributed by atoms with Crippen molar-refractivity contribution in [3.05, 3.63) is 50.6 Å². The van der Waals surface area contributed by atoms with Crippen LogP contribution in [0.5, 0.6) is 0 Å². The molecule has 2 aromatic rings. The van der Waals surface area contributed by atoms with Crippen LogP contribution in [0.15, 0.2) is 40.2 Å². The number of halogens is 1. The number of hydrogen-bond donors (Lipinski definition) is 3. The van der Waals surface area contributed by atoms with Crippen LogP contribution in [-0.2, 0) is 6.54 Å². The van der Waals surface area contributed by atoms with Crippen molar-refractivity contribution in [2.24, 2.45) is 0 Å². The average molecular weight is 355 g/mol. The second kappa shape index (κ2) is 6.53. The minimum Gasteiger partial charge on any atom is -0.478 e. The third-order valence-electron chi connectivity index (χ3n) is 2.47. The summed E-state index contributed by atoms with van der Waals surface area (Å²) in [7, 11) is 0. The molecule has 1 aromatic carbocycles. The number of hydrogen-bond acceptors (Lipinski definition) is 3. The lowest BCUT2D eigenvalue weighted by Gasteiger charge is -2.07. The van der Waals surface area contributed by atoms with Crippen LogP contribution in [0.1, 0.15) is 15.2 Å². The molecule has 1 aromatic heterocycles. The van der Waals surface area contributed by atoms with Crippen molar-refractivity contribution in [1.29, 1.82) is 0 Å². The van der Waals surface area contributed by atoms with Gasteiger partial charge in [-0.25, -0.2) is 9.59 Å². The summed E-state index contributed by atoms with van der Waals surface area (Å²) in [5.41, 5.74) is 0.566. The van der Waals surface area contributed by atoms with E-state index in [2.05, 4.69) is 26.6 Å². The predicted molar refractivity (Wildman–Crippen MR) is 81.3 cm³/mol. The molecule has 3 N–H and O–H groups in total. The van der Waals surface area contributed by atoms with Gasteiger partial charge in [0.1, 0.15) is 0 Å². The fourth-order valence-corrected chi connectivity index (χ4v) is 2.95. The molecular weight excluding hydrogens is 344 g/mol. The summed E-state index contributed by atoms with van der Waals surface area (Å²) < 4.78 is 0.954. The smallest absolute Gasteiger partial charge is 0.335 e. The Labute approximate surface area is 127 Å². The Kier molecular flexibility index (Phi) is 4.75. The van der Waals surface area contributed by atoms with Gasteiger partial charge in [0, 0.05) is 15.0 Å². The molecule has 0 aliphatic carbocycles. The molecule has 104 valence electrons. The van der Waals surface area contributed by atoms with Gasteiger partial charge in [0.25, 0.3) is 0 Å². The molecule has 0 radical (unpaired) electrons. The van der Waals surface area contributed by atoms with Crippen molar-refractivity contribution < 1.29 is 14.7 Å². The number of rotatable bonds is 4. The number of carbonyl (C=O) groups excluding carboxylic acids is 1. The molecule has 20 heavy (non-hydrogen) atoms. The van der Waals surface area contributed by atoms with Crippen molar-refractivity contribution in [1.82, 2.24) is 5.32 Å². The Morgan fingerprint density at radius 2 is 2.10 bits per heavy atom. The van der Waals surface area contributed by atoms with Crippen LogP contribution in [-0.4, -0.2) is 17.1 Å². The molecule has 1 heterocycles. The number of aromatic carboxylic acids is 1. The number of carboxylic acid groups (broad SMARTS) is 1. The minimum atomic E-state index is -1.03. The molecule has 5 nitrogen and oxygen atoms in total. The van der Waals surface area contributed by atoms with Crippen molar-refractivity contribution in [3.63, 3.8) is 0 Å². The van der Waals surface area contributed by atoms with E-state index in [9.17, 15) is 9.59 Å². The van der Waals surface area contributed by atoms with Crippen LogP contribution in [0, 0.1) is 0 Å². The largest absolute Gasteiger partial charge is 0.478 e. The first-order valence-corrected chi connectivity index (χ1v) is 7.33. The maximum Gasteiger partial charge on any atom is 0.335 e. The minimum absolute atomic E-state index is 0.129. The van der Waals surface area contributed by atoms with E-state index in [0.29, 0.717) is 12.2 Å². The zero-order valence-electron chi connectivity index (χ0n) is 10.2. The number of benzene rings is 1. The van der Waals surface area contributed by atoms with Gasteiger partial charge in [-0.15, -0.1) is 11.3 Å². The molecular formula is C13H11BrN2O3S. The molecule has 7 heteroatoms. The standard InChI is InChI=1S/C13H11BrN2O3S/c14-10-4-5-20-11(10)7-15-13(19)16-9-3-1-2-8(6-9)12(17)18/h1-6H,7H2,(H,17,18)(H2,15,16,19). The van der Waals surface area contributed by atoms with Crippen LogP contribution in [0.3, 0.4) is 0 Å². The van der Waals surface area contributed by atoms with Gasteiger partial charge in [0.15, 0.2) is 0 Å². The monoisotopic (exact) mass is 354 g/mol. The van der Waals surface area contributed by atoms with Gasteiger partial charge in [-0.05, 0) is 45.6 Å². The number of carbonyl (C=O) groups is 2. The van der Waals surface area contributed by atoms with Crippen LogP contribution < -0.4 is 10.6 Å². The van der Waals surface area contributed by atoms with Gasteiger partial charge in [0.05, 0.1) is 12.1 Å². The maximum absolute atomic E-state index is 11.7. The fraction of sp³-hybridized carbons (Fsp3) is 0.0769. The molecule has 0 fully saturated rings. The molecule has 2 amide bonds. The lowest BCUT2D eigenvalue weighted by molar-refractivity contribution is 0.0697. The van der Waals surface area contributed by atoms with E-state index in [-0.39, 0.29) is 11.6 Å². The Hall–Kier alpha value is -1.86. The number of urea groups is 1. The van der Waals surface area contributed by atoms with Gasteiger partial charge < -0.3 is 15.7 Å². The van der Waals surface area contributed by atoms with Crippen molar-refractivity contribution >= 4 is 45.0 Å². The number of carboxylic acids is 1. The Morgan fingerprint density at radius 3 is 2.75 bits per heavy atom. The van der Waals surface area contributed by atoms with Crippen LogP contribution >= 0.6 is 27.3 Å². The summed E-state index contributed by atoms with van der Waals surface area (Å²) in [4.78, 5) is 23.6. The second-order valence-corrected chi connectivity index (χ2v) is 5.74. The predicted octanol–water partition coefficient (Wildman–Crippen LogP) is 3.53. The molecule has 0 aliphatic rings. The molecule has 0 aliphatic heterocycles. The molecule has 0 saturated heterocycles. The number of nitrogens with one attached hydrogen (secondary N) is 2. The highest BCUT2D eigenvalue weighted by Gasteiger charge is 2.07. The molecule has 0 spiro atoms. The number of amides is 2.